The summed E-state index contributed by atoms with van der Waals surface area (Å²) in [6.07, 6.45) is 0.598. The Hall–Kier alpha value is -2.75. The highest BCUT2D eigenvalue weighted by molar-refractivity contribution is 5.83. The molecule has 1 aromatic heterocycles. The molecule has 0 unspecified atom stereocenters. The minimum Gasteiger partial charge on any atom is -0.508 e. The van der Waals surface area contributed by atoms with Crippen molar-refractivity contribution in [2.45, 2.75) is 13.3 Å². The van der Waals surface area contributed by atoms with Crippen LogP contribution in [0.1, 0.15) is 16.7 Å². The molecule has 0 aliphatic heterocycles. The maximum atomic E-state index is 12.1. The quantitative estimate of drug-likeness (QED) is 0.752. The molecule has 22 heavy (non-hydrogen) atoms. The van der Waals surface area contributed by atoms with Crippen LogP contribution in [-0.4, -0.2) is 12.2 Å². The predicted molar refractivity (Wildman–Crippen MR) is 84.7 cm³/mol. The van der Waals surface area contributed by atoms with E-state index in [1.54, 1.807) is 32.2 Å². The summed E-state index contributed by atoms with van der Waals surface area (Å²) in [5.74, 6) is 0.873. The van der Waals surface area contributed by atoms with Crippen LogP contribution in [0.4, 0.5) is 0 Å². The highest BCUT2D eigenvalue weighted by Gasteiger charge is 2.12. The fraction of sp³-hybridized carbons (Fsp3) is 0.167. The van der Waals surface area contributed by atoms with Gasteiger partial charge in [0.1, 0.15) is 17.1 Å². The largest absolute Gasteiger partial charge is 0.508 e. The van der Waals surface area contributed by atoms with Crippen LogP contribution in [0, 0.1) is 6.92 Å². The summed E-state index contributed by atoms with van der Waals surface area (Å²) < 4.78 is 10.5. The average molecular weight is 296 g/mol. The molecule has 3 aromatic rings. The van der Waals surface area contributed by atoms with E-state index in [1.807, 2.05) is 24.3 Å². The molecule has 0 saturated heterocycles. The number of hydrogen-bond acceptors (Lipinski definition) is 4. The van der Waals surface area contributed by atoms with Crippen LogP contribution in [-0.2, 0) is 6.42 Å². The standard InChI is InChI=1S/C18H16O4/c1-11-16(9-12-3-5-13(19)6-4-12)15-8-7-14(21-2)10-17(15)22-18(11)20/h3-8,10,19H,9H2,1-2H3. The Labute approximate surface area is 127 Å². The third-order valence-corrected chi connectivity index (χ3v) is 3.79. The zero-order valence-electron chi connectivity index (χ0n) is 12.4. The van der Waals surface area contributed by atoms with Crippen LogP contribution in [0.3, 0.4) is 0 Å². The SMILES string of the molecule is COc1ccc2c(Cc3ccc(O)cc3)c(C)c(=O)oc2c1. The molecule has 0 amide bonds. The van der Waals surface area contributed by atoms with Gasteiger partial charge in [-0.2, -0.15) is 0 Å². The van der Waals surface area contributed by atoms with E-state index < -0.39 is 0 Å². The molecule has 0 atom stereocenters. The van der Waals surface area contributed by atoms with E-state index in [0.29, 0.717) is 23.3 Å². The van der Waals surface area contributed by atoms with Crippen molar-refractivity contribution in [3.05, 3.63) is 69.6 Å². The number of phenols is 1. The molecule has 1 heterocycles. The lowest BCUT2D eigenvalue weighted by Gasteiger charge is -2.10. The second kappa shape index (κ2) is 5.56. The number of hydrogen-bond donors (Lipinski definition) is 1. The summed E-state index contributed by atoms with van der Waals surface area (Å²) in [5.41, 5.74) is 2.73. The Bertz CT molecular complexity index is 876. The molecule has 112 valence electrons. The molecule has 0 fully saturated rings. The van der Waals surface area contributed by atoms with Gasteiger partial charge in [-0.1, -0.05) is 12.1 Å². The van der Waals surface area contributed by atoms with Crippen molar-refractivity contribution < 1.29 is 14.3 Å². The number of ether oxygens (including phenoxy) is 1. The fourth-order valence-corrected chi connectivity index (χ4v) is 2.51. The normalized spacial score (nSPS) is 10.8. The summed E-state index contributed by atoms with van der Waals surface area (Å²) in [4.78, 5) is 12.1. The third-order valence-electron chi connectivity index (χ3n) is 3.79. The van der Waals surface area contributed by atoms with Crippen molar-refractivity contribution in [1.29, 1.82) is 0 Å². The zero-order valence-corrected chi connectivity index (χ0v) is 12.4. The molecule has 0 spiro atoms. The van der Waals surface area contributed by atoms with E-state index in [-0.39, 0.29) is 11.4 Å². The van der Waals surface area contributed by atoms with Gasteiger partial charge in [0.25, 0.3) is 0 Å². The minimum atomic E-state index is -0.338. The third kappa shape index (κ3) is 2.55. The van der Waals surface area contributed by atoms with Gasteiger partial charge in [0, 0.05) is 17.0 Å². The Morgan fingerprint density at radius 1 is 1.14 bits per heavy atom. The van der Waals surface area contributed by atoms with Crippen LogP contribution < -0.4 is 10.4 Å². The number of rotatable bonds is 3. The van der Waals surface area contributed by atoms with Gasteiger partial charge in [-0.15, -0.1) is 0 Å². The summed E-state index contributed by atoms with van der Waals surface area (Å²) in [6.45, 7) is 1.77. The first kappa shape index (κ1) is 14.2. The zero-order chi connectivity index (χ0) is 15.7. The van der Waals surface area contributed by atoms with E-state index in [4.69, 9.17) is 9.15 Å². The van der Waals surface area contributed by atoms with E-state index >= 15 is 0 Å². The predicted octanol–water partition coefficient (Wildman–Crippen LogP) is 3.41. The number of fused-ring (bicyclic) bond motifs is 1. The van der Waals surface area contributed by atoms with Gasteiger partial charge in [0.15, 0.2) is 0 Å². The summed E-state index contributed by atoms with van der Waals surface area (Å²) in [5, 5.41) is 10.3. The molecule has 2 aromatic carbocycles. The number of aromatic hydroxyl groups is 1. The topological polar surface area (TPSA) is 59.7 Å². The highest BCUT2D eigenvalue weighted by Crippen LogP contribution is 2.26. The summed E-state index contributed by atoms with van der Waals surface area (Å²) in [6, 6.07) is 12.4. The second-order valence-electron chi connectivity index (χ2n) is 5.20. The van der Waals surface area contributed by atoms with Gasteiger partial charge in [0.2, 0.25) is 0 Å². The van der Waals surface area contributed by atoms with E-state index in [2.05, 4.69) is 0 Å². The fourth-order valence-electron chi connectivity index (χ4n) is 2.51. The van der Waals surface area contributed by atoms with Crippen molar-refractivity contribution in [2.75, 3.05) is 7.11 Å². The van der Waals surface area contributed by atoms with Gasteiger partial charge in [-0.3, -0.25) is 0 Å². The second-order valence-corrected chi connectivity index (χ2v) is 5.20. The van der Waals surface area contributed by atoms with Crippen molar-refractivity contribution >= 4 is 11.0 Å². The van der Waals surface area contributed by atoms with Crippen LogP contribution in [0.5, 0.6) is 11.5 Å². The molecule has 4 nitrogen and oxygen atoms in total. The number of methoxy groups -OCH3 is 1. The number of benzene rings is 2. The molecular weight excluding hydrogens is 280 g/mol. The van der Waals surface area contributed by atoms with E-state index in [1.165, 1.54) is 0 Å². The Kier molecular flexibility index (Phi) is 3.59. The molecule has 4 heteroatoms. The molecule has 0 aliphatic carbocycles. The molecule has 3 rings (SSSR count). The lowest BCUT2D eigenvalue weighted by atomic mass is 9.98. The lowest BCUT2D eigenvalue weighted by Crippen LogP contribution is -2.08. The minimum absolute atomic E-state index is 0.225. The van der Waals surface area contributed by atoms with Crippen molar-refractivity contribution in [1.82, 2.24) is 0 Å². The Morgan fingerprint density at radius 2 is 1.86 bits per heavy atom. The van der Waals surface area contributed by atoms with Crippen molar-refractivity contribution in [3.63, 3.8) is 0 Å². The number of phenolic OH excluding ortho intramolecular Hbond substituents is 1. The lowest BCUT2D eigenvalue weighted by molar-refractivity contribution is 0.414. The smallest absolute Gasteiger partial charge is 0.339 e. The molecule has 0 aliphatic rings. The van der Waals surface area contributed by atoms with Crippen LogP contribution in [0.15, 0.2) is 51.7 Å². The first-order chi connectivity index (χ1) is 10.6. The molecule has 0 radical (unpaired) electrons. The maximum absolute atomic E-state index is 12.1. The first-order valence-corrected chi connectivity index (χ1v) is 6.96. The van der Waals surface area contributed by atoms with Crippen LogP contribution in [0.2, 0.25) is 0 Å². The van der Waals surface area contributed by atoms with Gasteiger partial charge in [0.05, 0.1) is 7.11 Å². The summed E-state index contributed by atoms with van der Waals surface area (Å²) in [7, 11) is 1.57. The van der Waals surface area contributed by atoms with Crippen LogP contribution >= 0.6 is 0 Å². The van der Waals surface area contributed by atoms with Gasteiger partial charge in [-0.05, 0) is 48.7 Å². The van der Waals surface area contributed by atoms with Gasteiger partial charge in [-0.25, -0.2) is 4.79 Å². The highest BCUT2D eigenvalue weighted by atomic mass is 16.5. The van der Waals surface area contributed by atoms with Crippen molar-refractivity contribution in [2.24, 2.45) is 0 Å². The van der Waals surface area contributed by atoms with Gasteiger partial charge >= 0.3 is 5.63 Å². The monoisotopic (exact) mass is 296 g/mol. The molecule has 0 saturated carbocycles. The molecule has 0 bridgehead atoms. The molecular formula is C18H16O4. The van der Waals surface area contributed by atoms with E-state index in [0.717, 1.165) is 16.5 Å². The Morgan fingerprint density at radius 3 is 2.55 bits per heavy atom. The average Bonchev–Trinajstić information content (AvgIpc) is 2.53. The first-order valence-electron chi connectivity index (χ1n) is 6.96. The van der Waals surface area contributed by atoms with E-state index in [9.17, 15) is 9.90 Å². The van der Waals surface area contributed by atoms with Crippen LogP contribution in [0.25, 0.3) is 11.0 Å². The molecule has 1 N–H and O–H groups in total. The van der Waals surface area contributed by atoms with Crippen molar-refractivity contribution in [3.8, 4) is 11.5 Å². The maximum Gasteiger partial charge on any atom is 0.339 e. The Balaban J connectivity index is 2.16. The summed E-state index contributed by atoms with van der Waals surface area (Å²) >= 11 is 0. The van der Waals surface area contributed by atoms with Gasteiger partial charge < -0.3 is 14.3 Å².